The fraction of sp³-hybridized carbons (Fsp3) is 0.0769. The molecule has 0 aromatic heterocycles. The van der Waals surface area contributed by atoms with Crippen LogP contribution in [0.4, 0.5) is 20.2 Å². The molecule has 0 aliphatic carbocycles. The summed E-state index contributed by atoms with van der Waals surface area (Å²) in [6.45, 7) is 0.134. The van der Waals surface area contributed by atoms with Crippen molar-refractivity contribution in [2.45, 2.75) is 12.5 Å². The molecule has 1 N–H and O–H groups in total. The monoisotopic (exact) mass is 598 g/mol. The van der Waals surface area contributed by atoms with E-state index < -0.39 is 9.85 Å². The number of phenolic OH excluding ortho intramolecular Hbond substituents is 1. The highest BCUT2D eigenvalue weighted by molar-refractivity contribution is 6.32. The molecule has 0 amide bonds. The number of aromatic hydroxyl groups is 1. The zero-order valence-electron chi connectivity index (χ0n) is 19.8. The van der Waals surface area contributed by atoms with Crippen molar-refractivity contribution in [1.82, 2.24) is 0 Å². The summed E-state index contributed by atoms with van der Waals surface area (Å²) in [6, 6.07) is 19.6. The van der Waals surface area contributed by atoms with E-state index in [1.54, 1.807) is 24.3 Å². The largest absolute Gasteiger partial charge is 0.506 e. The molecule has 0 saturated heterocycles. The van der Waals surface area contributed by atoms with Gasteiger partial charge in [0.1, 0.15) is 29.7 Å². The molecule has 0 fully saturated rings. The van der Waals surface area contributed by atoms with Crippen molar-refractivity contribution in [2.24, 2.45) is 0 Å². The summed E-state index contributed by atoms with van der Waals surface area (Å²) >= 11 is 16.7. The normalized spacial score (nSPS) is 9.87. The standard InChI is InChI=1S/C13H9ClFNO3.C7H6ClF.C6H4ClNO3/c14-12-7-11(16(17)18)4-5-13(12)19-8-9-2-1-3-10(15)6-9;8-5-6-2-1-3-7(9)4-6;7-5-3-4(8(10)11)1-2-6(5)9/h1-7H,8H2;1-4H,5H2;1-3,9H. The van der Waals surface area contributed by atoms with Crippen LogP contribution in [0.5, 0.6) is 11.5 Å². The van der Waals surface area contributed by atoms with Crippen molar-refractivity contribution in [3.05, 3.63) is 138 Å². The Hall–Kier alpha value is -3.99. The highest BCUT2D eigenvalue weighted by atomic mass is 35.5. The van der Waals surface area contributed by atoms with Gasteiger partial charge in [0.15, 0.2) is 0 Å². The minimum atomic E-state index is -0.578. The summed E-state index contributed by atoms with van der Waals surface area (Å²) in [5, 5.41) is 29.7. The number of hydrogen-bond donors (Lipinski definition) is 1. The number of halogens is 5. The zero-order valence-corrected chi connectivity index (χ0v) is 22.0. The van der Waals surface area contributed by atoms with E-state index in [1.807, 2.05) is 0 Å². The third-order valence-electron chi connectivity index (χ3n) is 4.60. The predicted molar refractivity (Wildman–Crippen MR) is 145 cm³/mol. The number of non-ortho nitro benzene ring substituents is 2. The Bertz CT molecular complexity index is 1440. The van der Waals surface area contributed by atoms with Crippen LogP contribution in [0.15, 0.2) is 84.9 Å². The smallest absolute Gasteiger partial charge is 0.271 e. The molecule has 0 atom stereocenters. The average Bonchev–Trinajstić information content (AvgIpc) is 2.90. The van der Waals surface area contributed by atoms with Crippen LogP contribution in [0.2, 0.25) is 10.0 Å². The number of nitro benzene ring substituents is 2. The van der Waals surface area contributed by atoms with Crippen molar-refractivity contribution in [2.75, 3.05) is 0 Å². The van der Waals surface area contributed by atoms with Crippen LogP contribution in [0, 0.1) is 31.9 Å². The second kappa shape index (κ2) is 15.4. The number of nitro groups is 2. The van der Waals surface area contributed by atoms with E-state index in [9.17, 15) is 29.0 Å². The molecule has 13 heteroatoms. The van der Waals surface area contributed by atoms with E-state index in [1.165, 1.54) is 54.6 Å². The van der Waals surface area contributed by atoms with Gasteiger partial charge in [-0.1, -0.05) is 47.5 Å². The molecule has 8 nitrogen and oxygen atoms in total. The Kier molecular flexibility index (Phi) is 12.4. The van der Waals surface area contributed by atoms with Crippen LogP contribution in [0.25, 0.3) is 0 Å². The Morgan fingerprint density at radius 2 is 1.26 bits per heavy atom. The molecule has 0 spiro atoms. The van der Waals surface area contributed by atoms with E-state index in [4.69, 9.17) is 44.6 Å². The molecular weight excluding hydrogens is 581 g/mol. The quantitative estimate of drug-likeness (QED) is 0.135. The van der Waals surface area contributed by atoms with Gasteiger partial charge in [-0.05, 0) is 47.5 Å². The first-order valence-corrected chi connectivity index (χ1v) is 12.0. The van der Waals surface area contributed by atoms with Crippen LogP contribution < -0.4 is 4.74 Å². The number of nitrogens with zero attached hydrogens (tertiary/aromatic N) is 2. The number of alkyl halides is 1. The van der Waals surface area contributed by atoms with Crippen LogP contribution in [0.1, 0.15) is 11.1 Å². The van der Waals surface area contributed by atoms with Gasteiger partial charge in [-0.3, -0.25) is 20.2 Å². The highest BCUT2D eigenvalue weighted by Gasteiger charge is 2.10. The predicted octanol–water partition coefficient (Wildman–Crippen LogP) is 8.48. The maximum absolute atomic E-state index is 13.0. The molecular formula is C26H19Cl3F2N2O6. The van der Waals surface area contributed by atoms with Crippen LogP contribution in [0.3, 0.4) is 0 Å². The number of hydrogen-bond acceptors (Lipinski definition) is 6. The summed E-state index contributed by atoms with van der Waals surface area (Å²) in [5.74, 6) is -0.0459. The first-order valence-electron chi connectivity index (χ1n) is 10.7. The van der Waals surface area contributed by atoms with Gasteiger partial charge in [0.25, 0.3) is 11.4 Å². The van der Waals surface area contributed by atoms with E-state index >= 15 is 0 Å². The third kappa shape index (κ3) is 10.7. The lowest BCUT2D eigenvalue weighted by Crippen LogP contribution is -1.97. The van der Waals surface area contributed by atoms with Gasteiger partial charge in [0.2, 0.25) is 0 Å². The second-order valence-electron chi connectivity index (χ2n) is 7.45. The van der Waals surface area contributed by atoms with Crippen LogP contribution >= 0.6 is 34.8 Å². The number of phenols is 1. The van der Waals surface area contributed by atoms with Gasteiger partial charge >= 0.3 is 0 Å². The molecule has 0 saturated carbocycles. The van der Waals surface area contributed by atoms with Gasteiger partial charge in [-0.2, -0.15) is 0 Å². The third-order valence-corrected chi connectivity index (χ3v) is 5.50. The maximum atomic E-state index is 13.0. The zero-order chi connectivity index (χ0) is 28.9. The molecule has 0 aliphatic heterocycles. The van der Waals surface area contributed by atoms with Gasteiger partial charge in [0, 0.05) is 30.1 Å². The molecule has 0 radical (unpaired) electrons. The summed E-state index contributed by atoms with van der Waals surface area (Å²) in [4.78, 5) is 19.6. The van der Waals surface area contributed by atoms with E-state index in [0.29, 0.717) is 17.2 Å². The molecule has 39 heavy (non-hydrogen) atoms. The Morgan fingerprint density at radius 1 is 0.744 bits per heavy atom. The lowest BCUT2D eigenvalue weighted by molar-refractivity contribution is -0.385. The number of rotatable bonds is 6. The molecule has 4 aromatic carbocycles. The van der Waals surface area contributed by atoms with E-state index in [2.05, 4.69) is 0 Å². The number of benzene rings is 4. The van der Waals surface area contributed by atoms with Crippen LogP contribution in [-0.4, -0.2) is 15.0 Å². The van der Waals surface area contributed by atoms with Crippen molar-refractivity contribution in [1.29, 1.82) is 0 Å². The minimum absolute atomic E-state index is 0.0146. The lowest BCUT2D eigenvalue weighted by Gasteiger charge is -2.07. The molecule has 0 heterocycles. The molecule has 0 unspecified atom stereocenters. The summed E-state index contributed by atoms with van der Waals surface area (Å²) in [5.41, 5.74) is 1.22. The fourth-order valence-electron chi connectivity index (χ4n) is 2.74. The molecule has 0 aliphatic rings. The van der Waals surface area contributed by atoms with Crippen molar-refractivity contribution >= 4 is 46.2 Å². The SMILES string of the molecule is Fc1cccc(CCl)c1.O=[N+]([O-])c1ccc(O)c(Cl)c1.O=[N+]([O-])c1ccc(OCc2cccc(F)c2)c(Cl)c1. The van der Waals surface area contributed by atoms with Gasteiger partial charge in [-0.25, -0.2) is 8.78 Å². The van der Waals surface area contributed by atoms with Crippen molar-refractivity contribution in [3.63, 3.8) is 0 Å². The van der Waals surface area contributed by atoms with E-state index in [0.717, 1.165) is 11.6 Å². The Morgan fingerprint density at radius 3 is 1.72 bits per heavy atom. The lowest BCUT2D eigenvalue weighted by atomic mass is 10.2. The average molecular weight is 600 g/mol. The highest BCUT2D eigenvalue weighted by Crippen LogP contribution is 2.29. The Balaban J connectivity index is 0.000000226. The van der Waals surface area contributed by atoms with Gasteiger partial charge in [0.05, 0.1) is 19.9 Å². The molecule has 4 rings (SSSR count). The van der Waals surface area contributed by atoms with Crippen molar-refractivity contribution in [3.8, 4) is 11.5 Å². The summed E-state index contributed by atoms with van der Waals surface area (Å²) < 4.78 is 30.6. The first kappa shape index (κ1) is 31.2. The summed E-state index contributed by atoms with van der Waals surface area (Å²) in [7, 11) is 0. The summed E-state index contributed by atoms with van der Waals surface area (Å²) in [6.07, 6.45) is 0. The maximum Gasteiger partial charge on any atom is 0.271 e. The van der Waals surface area contributed by atoms with Gasteiger partial charge in [-0.15, -0.1) is 11.6 Å². The van der Waals surface area contributed by atoms with E-state index in [-0.39, 0.29) is 45.4 Å². The fourth-order valence-corrected chi connectivity index (χ4v) is 3.31. The van der Waals surface area contributed by atoms with Crippen LogP contribution in [-0.2, 0) is 12.5 Å². The topological polar surface area (TPSA) is 116 Å². The molecule has 0 bridgehead atoms. The molecule has 204 valence electrons. The molecule has 4 aromatic rings. The number of ether oxygens (including phenoxy) is 1. The van der Waals surface area contributed by atoms with Crippen molar-refractivity contribution < 1.29 is 28.5 Å². The van der Waals surface area contributed by atoms with Gasteiger partial charge < -0.3 is 9.84 Å². The Labute approximate surface area is 236 Å². The minimum Gasteiger partial charge on any atom is -0.506 e. The second-order valence-corrected chi connectivity index (χ2v) is 8.53. The first-order chi connectivity index (χ1) is 18.5.